The SMILES string of the molecule is Cc1nc(CN2CCOCC3(C2)CN(CC2CC2)CCO3)cs1.O=C(O)C(F)(F)F.O=C(O)C(F)(F)F. The summed E-state index contributed by atoms with van der Waals surface area (Å²) in [5.74, 6) is -4.58. The molecule has 1 saturated carbocycles. The maximum absolute atomic E-state index is 10.6. The van der Waals surface area contributed by atoms with Gasteiger partial charge in [-0.05, 0) is 25.7 Å². The molecule has 2 aliphatic heterocycles. The van der Waals surface area contributed by atoms with E-state index in [1.54, 1.807) is 11.3 Å². The third-order valence-electron chi connectivity index (χ3n) is 5.51. The molecular formula is C21H29F6N3O6S. The predicted molar refractivity (Wildman–Crippen MR) is 118 cm³/mol. The summed E-state index contributed by atoms with van der Waals surface area (Å²) >= 11 is 1.73. The molecule has 1 aromatic rings. The molecule has 1 atom stereocenters. The van der Waals surface area contributed by atoms with E-state index in [0.717, 1.165) is 63.5 Å². The van der Waals surface area contributed by atoms with Crippen LogP contribution in [0.5, 0.6) is 0 Å². The molecule has 4 rings (SSSR count). The van der Waals surface area contributed by atoms with Gasteiger partial charge in [-0.3, -0.25) is 9.80 Å². The summed E-state index contributed by atoms with van der Waals surface area (Å²) in [7, 11) is 0. The Labute approximate surface area is 213 Å². The minimum Gasteiger partial charge on any atom is -0.475 e. The Bertz CT molecular complexity index is 871. The van der Waals surface area contributed by atoms with Crippen LogP contribution in [-0.2, 0) is 25.6 Å². The number of thiazole rings is 1. The smallest absolute Gasteiger partial charge is 0.475 e. The molecule has 1 unspecified atom stereocenters. The minimum atomic E-state index is -5.08. The van der Waals surface area contributed by atoms with Crippen LogP contribution in [0.2, 0.25) is 0 Å². The molecule has 0 aromatic carbocycles. The lowest BCUT2D eigenvalue weighted by atomic mass is 10.0. The molecule has 2 N–H and O–H groups in total. The van der Waals surface area contributed by atoms with Gasteiger partial charge in [-0.25, -0.2) is 14.6 Å². The van der Waals surface area contributed by atoms with E-state index >= 15 is 0 Å². The molecule has 1 spiro atoms. The Balaban J connectivity index is 0.000000286. The Morgan fingerprint density at radius 1 is 1.05 bits per heavy atom. The number of hydrogen-bond acceptors (Lipinski definition) is 8. The van der Waals surface area contributed by atoms with Crippen molar-refractivity contribution in [3.8, 4) is 0 Å². The number of halogens is 6. The molecule has 3 fully saturated rings. The molecule has 212 valence electrons. The van der Waals surface area contributed by atoms with Gasteiger partial charge in [0.05, 0.1) is 30.5 Å². The van der Waals surface area contributed by atoms with Gasteiger partial charge in [-0.1, -0.05) is 0 Å². The minimum absolute atomic E-state index is 0.158. The monoisotopic (exact) mass is 565 g/mol. The summed E-state index contributed by atoms with van der Waals surface area (Å²) in [5.41, 5.74) is 1.02. The quantitative estimate of drug-likeness (QED) is 0.532. The van der Waals surface area contributed by atoms with Crippen molar-refractivity contribution in [1.82, 2.24) is 14.8 Å². The van der Waals surface area contributed by atoms with Gasteiger partial charge in [0.15, 0.2) is 0 Å². The predicted octanol–water partition coefficient (Wildman–Crippen LogP) is 3.03. The van der Waals surface area contributed by atoms with Crippen LogP contribution in [0.3, 0.4) is 0 Å². The highest BCUT2D eigenvalue weighted by Gasteiger charge is 2.41. The average molecular weight is 566 g/mol. The van der Waals surface area contributed by atoms with Crippen molar-refractivity contribution in [3.05, 3.63) is 16.1 Å². The van der Waals surface area contributed by atoms with E-state index in [1.165, 1.54) is 25.1 Å². The fourth-order valence-corrected chi connectivity index (χ4v) is 4.36. The summed E-state index contributed by atoms with van der Waals surface area (Å²) in [6, 6.07) is 0. The second-order valence-electron chi connectivity index (χ2n) is 8.94. The average Bonchev–Trinajstić information content (AvgIpc) is 3.52. The van der Waals surface area contributed by atoms with Crippen molar-refractivity contribution in [2.24, 2.45) is 5.92 Å². The maximum atomic E-state index is 10.6. The van der Waals surface area contributed by atoms with Gasteiger partial charge in [0, 0.05) is 44.6 Å². The number of rotatable bonds is 4. The number of alkyl halides is 6. The number of hydrogen-bond donors (Lipinski definition) is 2. The zero-order chi connectivity index (χ0) is 27.9. The van der Waals surface area contributed by atoms with Crippen molar-refractivity contribution in [2.75, 3.05) is 52.5 Å². The maximum Gasteiger partial charge on any atom is 0.490 e. The van der Waals surface area contributed by atoms with Gasteiger partial charge >= 0.3 is 24.3 Å². The lowest BCUT2D eigenvalue weighted by Gasteiger charge is -2.43. The summed E-state index contributed by atoms with van der Waals surface area (Å²) in [6.07, 6.45) is -7.34. The molecule has 3 heterocycles. The first kappa shape index (κ1) is 31.2. The van der Waals surface area contributed by atoms with Gasteiger partial charge in [-0.15, -0.1) is 11.3 Å². The fraction of sp³-hybridized carbons (Fsp3) is 0.762. The molecular weight excluding hydrogens is 536 g/mol. The highest BCUT2D eigenvalue weighted by atomic mass is 32.1. The van der Waals surface area contributed by atoms with E-state index in [2.05, 4.69) is 27.1 Å². The van der Waals surface area contributed by atoms with Crippen LogP contribution in [0.15, 0.2) is 5.38 Å². The van der Waals surface area contributed by atoms with E-state index in [1.807, 2.05) is 0 Å². The normalized spacial score (nSPS) is 23.3. The van der Waals surface area contributed by atoms with Crippen LogP contribution < -0.4 is 0 Å². The van der Waals surface area contributed by atoms with Gasteiger partial charge < -0.3 is 19.7 Å². The van der Waals surface area contributed by atoms with Crippen molar-refractivity contribution in [2.45, 2.75) is 44.3 Å². The molecule has 0 bridgehead atoms. The number of aryl methyl sites for hydroxylation is 1. The number of nitrogens with zero attached hydrogens (tertiary/aromatic N) is 3. The van der Waals surface area contributed by atoms with E-state index < -0.39 is 24.3 Å². The third kappa shape index (κ3) is 11.5. The molecule has 1 aliphatic carbocycles. The summed E-state index contributed by atoms with van der Waals surface area (Å²) in [4.78, 5) is 27.5. The molecule has 0 amide bonds. The van der Waals surface area contributed by atoms with Gasteiger partial charge in [0.1, 0.15) is 5.60 Å². The van der Waals surface area contributed by atoms with Crippen molar-refractivity contribution >= 4 is 23.3 Å². The number of morpholine rings is 1. The van der Waals surface area contributed by atoms with E-state index in [0.29, 0.717) is 0 Å². The Hall–Kier alpha value is -2.01. The molecule has 37 heavy (non-hydrogen) atoms. The lowest BCUT2D eigenvalue weighted by molar-refractivity contribution is -0.193. The van der Waals surface area contributed by atoms with E-state index in [-0.39, 0.29) is 5.60 Å². The van der Waals surface area contributed by atoms with Crippen LogP contribution in [0.1, 0.15) is 23.5 Å². The fourth-order valence-electron chi connectivity index (χ4n) is 3.76. The standard InChI is InChI=1S/C17H27N3O2S.2C2HF3O2/c1-14-18-16(10-23-14)9-20-4-6-21-13-17(12-20)11-19(5-7-22-17)8-15-2-3-15;2*3-2(4,5)1(6)7/h10,15H,2-9,11-13H2,1H3;2*(H,6,7). The number of ether oxygens (including phenoxy) is 2. The lowest BCUT2D eigenvalue weighted by Crippen LogP contribution is -2.58. The number of carboxylic acids is 2. The van der Waals surface area contributed by atoms with Crippen LogP contribution in [-0.4, -0.2) is 107 Å². The molecule has 0 radical (unpaired) electrons. The van der Waals surface area contributed by atoms with Crippen molar-refractivity contribution in [1.29, 1.82) is 0 Å². The Kier molecular flexibility index (Phi) is 11.1. The van der Waals surface area contributed by atoms with Crippen LogP contribution in [0.4, 0.5) is 26.3 Å². The zero-order valence-electron chi connectivity index (χ0n) is 20.0. The second-order valence-corrected chi connectivity index (χ2v) is 10.00. The topological polar surface area (TPSA) is 112 Å². The first-order valence-electron chi connectivity index (χ1n) is 11.3. The molecule has 1 aromatic heterocycles. The third-order valence-corrected chi connectivity index (χ3v) is 6.33. The first-order valence-corrected chi connectivity index (χ1v) is 12.2. The number of carboxylic acid groups (broad SMARTS) is 2. The largest absolute Gasteiger partial charge is 0.490 e. The molecule has 16 heteroatoms. The number of carbonyl (C=O) groups is 2. The Morgan fingerprint density at radius 3 is 2.08 bits per heavy atom. The van der Waals surface area contributed by atoms with Crippen LogP contribution in [0.25, 0.3) is 0 Å². The van der Waals surface area contributed by atoms with E-state index in [9.17, 15) is 26.3 Å². The summed E-state index contributed by atoms with van der Waals surface area (Å²) in [5, 5.41) is 17.6. The number of aliphatic carboxylic acids is 2. The summed E-state index contributed by atoms with van der Waals surface area (Å²) in [6.45, 7) is 10.6. The first-order chi connectivity index (χ1) is 17.1. The van der Waals surface area contributed by atoms with Gasteiger partial charge in [0.25, 0.3) is 0 Å². The Morgan fingerprint density at radius 2 is 1.59 bits per heavy atom. The highest BCUT2D eigenvalue weighted by Crippen LogP contribution is 2.32. The molecule has 9 nitrogen and oxygen atoms in total. The summed E-state index contributed by atoms with van der Waals surface area (Å²) < 4.78 is 75.7. The van der Waals surface area contributed by atoms with Gasteiger partial charge in [-0.2, -0.15) is 26.3 Å². The van der Waals surface area contributed by atoms with Crippen molar-refractivity contribution < 1.29 is 55.6 Å². The van der Waals surface area contributed by atoms with Gasteiger partial charge in [0.2, 0.25) is 0 Å². The van der Waals surface area contributed by atoms with E-state index in [4.69, 9.17) is 29.3 Å². The van der Waals surface area contributed by atoms with Crippen LogP contribution >= 0.6 is 11.3 Å². The van der Waals surface area contributed by atoms with Crippen molar-refractivity contribution in [3.63, 3.8) is 0 Å². The second kappa shape index (κ2) is 13.2. The molecule has 3 aliphatic rings. The zero-order valence-corrected chi connectivity index (χ0v) is 20.8. The number of aromatic nitrogens is 1. The highest BCUT2D eigenvalue weighted by molar-refractivity contribution is 7.09. The van der Waals surface area contributed by atoms with Crippen LogP contribution in [0, 0.1) is 12.8 Å². The molecule has 2 saturated heterocycles.